The molecule has 0 bridgehead atoms. The first-order valence-corrected chi connectivity index (χ1v) is 7.24. The third-order valence-corrected chi connectivity index (χ3v) is 5.12. The Kier molecular flexibility index (Phi) is 4.00. The van der Waals surface area contributed by atoms with Crippen LogP contribution >= 0.6 is 23.5 Å². The van der Waals surface area contributed by atoms with Crippen LogP contribution in [0.25, 0.3) is 0 Å². The topological polar surface area (TPSA) is 83.8 Å². The minimum absolute atomic E-state index is 0.163. The maximum atomic E-state index is 11.2. The highest BCUT2D eigenvalue weighted by atomic mass is 32.2. The van der Waals surface area contributed by atoms with Crippen molar-refractivity contribution in [3.63, 3.8) is 0 Å². The lowest BCUT2D eigenvalue weighted by molar-refractivity contribution is 0.985. The van der Waals surface area contributed by atoms with E-state index in [4.69, 9.17) is 5.73 Å². The first-order chi connectivity index (χ1) is 7.77. The highest BCUT2D eigenvalue weighted by molar-refractivity contribution is 8.06. The van der Waals surface area contributed by atoms with Crippen molar-refractivity contribution < 1.29 is 0 Å². The van der Waals surface area contributed by atoms with E-state index in [1.807, 2.05) is 23.5 Å². The van der Waals surface area contributed by atoms with Crippen molar-refractivity contribution >= 4 is 35.0 Å². The van der Waals surface area contributed by atoms with Gasteiger partial charge < -0.3 is 16.0 Å². The number of nitrogens with one attached hydrogen (secondary N) is 2. The monoisotopic (exact) mass is 258 g/mol. The van der Waals surface area contributed by atoms with E-state index in [0.717, 1.165) is 12.3 Å². The zero-order valence-corrected chi connectivity index (χ0v) is 10.4. The molecule has 1 atom stereocenters. The van der Waals surface area contributed by atoms with Crippen LogP contribution < -0.4 is 16.6 Å². The van der Waals surface area contributed by atoms with Crippen LogP contribution in [0.4, 0.5) is 11.5 Å². The summed E-state index contributed by atoms with van der Waals surface area (Å²) in [4.78, 5) is 17.7. The summed E-state index contributed by atoms with van der Waals surface area (Å²) in [5, 5.41) is 3.70. The molecule has 16 heavy (non-hydrogen) atoms. The van der Waals surface area contributed by atoms with Crippen molar-refractivity contribution in [2.24, 2.45) is 0 Å². The summed E-state index contributed by atoms with van der Waals surface area (Å²) in [5.74, 6) is 4.04. The number of hydrogen-bond acceptors (Lipinski definition) is 6. The fraction of sp³-hybridized carbons (Fsp3) is 0.556. The Balaban J connectivity index is 1.93. The molecule has 1 fully saturated rings. The number of aromatic nitrogens is 2. The van der Waals surface area contributed by atoms with E-state index in [1.165, 1.54) is 17.8 Å². The predicted octanol–water partition coefficient (Wildman–Crippen LogP) is 0.613. The summed E-state index contributed by atoms with van der Waals surface area (Å²) >= 11 is 3.92. The molecule has 4 N–H and O–H groups in total. The Morgan fingerprint density at radius 3 is 3.25 bits per heavy atom. The van der Waals surface area contributed by atoms with Crippen LogP contribution in [0.5, 0.6) is 0 Å². The van der Waals surface area contributed by atoms with Crippen molar-refractivity contribution in [1.82, 2.24) is 9.97 Å². The number of hydrogen-bond donors (Lipinski definition) is 3. The highest BCUT2D eigenvalue weighted by Crippen LogP contribution is 2.24. The van der Waals surface area contributed by atoms with Gasteiger partial charge in [-0.2, -0.15) is 23.5 Å². The molecule has 0 radical (unpaired) electrons. The maximum Gasteiger partial charge on any atom is 0.276 e. The van der Waals surface area contributed by atoms with Crippen LogP contribution in [0.15, 0.2) is 11.1 Å². The van der Waals surface area contributed by atoms with Gasteiger partial charge in [0, 0.05) is 29.1 Å². The van der Waals surface area contributed by atoms with Crippen LogP contribution in [0.1, 0.15) is 0 Å². The first kappa shape index (κ1) is 11.7. The lowest BCUT2D eigenvalue weighted by Crippen LogP contribution is -2.25. The number of nitrogen functional groups attached to an aromatic ring is 1. The van der Waals surface area contributed by atoms with E-state index in [2.05, 4.69) is 15.3 Å². The summed E-state index contributed by atoms with van der Waals surface area (Å²) in [7, 11) is 0. The van der Waals surface area contributed by atoms with Crippen LogP contribution in [0.3, 0.4) is 0 Å². The number of nitrogens with zero attached hydrogens (tertiary/aromatic N) is 1. The fourth-order valence-corrected chi connectivity index (χ4v) is 4.03. The number of H-pyrrole nitrogens is 1. The zero-order chi connectivity index (χ0) is 11.4. The Morgan fingerprint density at radius 2 is 2.50 bits per heavy atom. The van der Waals surface area contributed by atoms with Gasteiger partial charge in [-0.25, -0.2) is 4.98 Å². The molecule has 0 amide bonds. The van der Waals surface area contributed by atoms with Crippen molar-refractivity contribution in [2.75, 3.05) is 34.9 Å². The Labute approximate surface area is 102 Å². The van der Waals surface area contributed by atoms with Crippen LogP contribution in [-0.2, 0) is 0 Å². The molecule has 1 aromatic rings. The molecule has 2 heterocycles. The smallest absolute Gasteiger partial charge is 0.276 e. The van der Waals surface area contributed by atoms with Gasteiger partial charge in [0.15, 0.2) is 5.82 Å². The molecule has 0 spiro atoms. The standard InChI is InChI=1S/C9H14N4OS2/c10-7-8(12-5-13-9(7)14)11-3-6-4-15-1-2-16-6/h5-6H,1-4,10H2,(H2,11,12,13,14). The van der Waals surface area contributed by atoms with E-state index >= 15 is 0 Å². The van der Waals surface area contributed by atoms with Crippen molar-refractivity contribution in [3.8, 4) is 0 Å². The highest BCUT2D eigenvalue weighted by Gasteiger charge is 2.14. The summed E-state index contributed by atoms with van der Waals surface area (Å²) in [6.45, 7) is 0.804. The number of nitrogens with two attached hydrogens (primary N) is 1. The van der Waals surface area contributed by atoms with Crippen LogP contribution in [0, 0.1) is 0 Å². The number of aromatic amines is 1. The molecule has 5 nitrogen and oxygen atoms in total. The Hall–Kier alpha value is -0.820. The van der Waals surface area contributed by atoms with E-state index in [9.17, 15) is 4.79 Å². The van der Waals surface area contributed by atoms with Gasteiger partial charge in [0.1, 0.15) is 5.69 Å². The van der Waals surface area contributed by atoms with Crippen molar-refractivity contribution in [2.45, 2.75) is 5.25 Å². The minimum Gasteiger partial charge on any atom is -0.391 e. The van der Waals surface area contributed by atoms with Gasteiger partial charge in [-0.3, -0.25) is 4.79 Å². The van der Waals surface area contributed by atoms with Crippen molar-refractivity contribution in [3.05, 3.63) is 16.7 Å². The molecule has 0 aromatic carbocycles. The maximum absolute atomic E-state index is 11.2. The average Bonchev–Trinajstić information content (AvgIpc) is 2.32. The lowest BCUT2D eigenvalue weighted by atomic mass is 10.4. The molecule has 0 saturated carbocycles. The number of rotatable bonds is 3. The third-order valence-electron chi connectivity index (χ3n) is 2.27. The fourth-order valence-electron chi connectivity index (χ4n) is 1.42. The SMILES string of the molecule is Nc1c(NCC2CSCCS2)nc[nH]c1=O. The van der Waals surface area contributed by atoms with Crippen LogP contribution in [-0.4, -0.2) is 39.0 Å². The zero-order valence-electron chi connectivity index (χ0n) is 8.73. The second-order valence-corrected chi connectivity index (χ2v) is 6.00. The van der Waals surface area contributed by atoms with Gasteiger partial charge in [0.25, 0.3) is 5.56 Å². The predicted molar refractivity (Wildman–Crippen MR) is 71.3 cm³/mol. The molecule has 0 aliphatic carbocycles. The number of anilines is 2. The molecule has 88 valence electrons. The van der Waals surface area contributed by atoms with Gasteiger partial charge in [-0.1, -0.05) is 0 Å². The van der Waals surface area contributed by atoms with Gasteiger partial charge in [0.2, 0.25) is 0 Å². The quantitative estimate of drug-likeness (QED) is 0.737. The molecule has 1 aliphatic heterocycles. The van der Waals surface area contributed by atoms with E-state index in [0.29, 0.717) is 11.1 Å². The average molecular weight is 258 g/mol. The molecular weight excluding hydrogens is 244 g/mol. The third kappa shape index (κ3) is 2.85. The normalized spacial score (nSPS) is 20.6. The Morgan fingerprint density at radius 1 is 1.62 bits per heavy atom. The van der Waals surface area contributed by atoms with E-state index in [-0.39, 0.29) is 11.2 Å². The van der Waals surface area contributed by atoms with E-state index in [1.54, 1.807) is 0 Å². The number of thioether (sulfide) groups is 2. The summed E-state index contributed by atoms with van der Waals surface area (Å²) in [6, 6.07) is 0. The minimum atomic E-state index is -0.289. The summed E-state index contributed by atoms with van der Waals surface area (Å²) < 4.78 is 0. The summed E-state index contributed by atoms with van der Waals surface area (Å²) in [6.07, 6.45) is 1.36. The first-order valence-electron chi connectivity index (χ1n) is 5.04. The second kappa shape index (κ2) is 5.49. The second-order valence-electron chi connectivity index (χ2n) is 3.44. The van der Waals surface area contributed by atoms with Crippen LogP contribution in [0.2, 0.25) is 0 Å². The van der Waals surface area contributed by atoms with Gasteiger partial charge in [-0.05, 0) is 0 Å². The largest absolute Gasteiger partial charge is 0.391 e. The van der Waals surface area contributed by atoms with E-state index < -0.39 is 0 Å². The molecule has 1 aliphatic rings. The summed E-state index contributed by atoms with van der Waals surface area (Å²) in [5.41, 5.74) is 5.49. The molecular formula is C9H14N4OS2. The van der Waals surface area contributed by atoms with Gasteiger partial charge in [0.05, 0.1) is 6.33 Å². The molecule has 1 unspecified atom stereocenters. The Bertz CT molecular complexity index is 403. The lowest BCUT2D eigenvalue weighted by Gasteiger charge is -2.21. The molecule has 2 rings (SSSR count). The van der Waals surface area contributed by atoms with Gasteiger partial charge in [-0.15, -0.1) is 0 Å². The molecule has 7 heteroatoms. The molecule has 1 aromatic heterocycles. The van der Waals surface area contributed by atoms with Crippen molar-refractivity contribution in [1.29, 1.82) is 0 Å². The van der Waals surface area contributed by atoms with Gasteiger partial charge >= 0.3 is 0 Å². The molecule has 1 saturated heterocycles.